The predicted molar refractivity (Wildman–Crippen MR) is 282 cm³/mol. The molecule has 0 aromatic carbocycles. The first-order valence-electron chi connectivity index (χ1n) is 29.7. The number of esters is 1. The fourth-order valence-corrected chi connectivity index (χ4v) is 16.7. The van der Waals surface area contributed by atoms with Crippen molar-refractivity contribution >= 4 is 18.2 Å². The van der Waals surface area contributed by atoms with E-state index in [9.17, 15) is 55.5 Å². The summed E-state index contributed by atoms with van der Waals surface area (Å²) >= 11 is 0. The lowest BCUT2D eigenvalue weighted by Gasteiger charge is -2.71. The van der Waals surface area contributed by atoms with Crippen LogP contribution in [-0.2, 0) is 42.8 Å². The van der Waals surface area contributed by atoms with Crippen LogP contribution in [0.5, 0.6) is 0 Å². The van der Waals surface area contributed by atoms with Crippen LogP contribution < -0.4 is 5.32 Å². The molecule has 3 saturated heterocycles. The van der Waals surface area contributed by atoms with E-state index in [0.29, 0.717) is 32.1 Å². The Kier molecular flexibility index (Phi) is 19.2. The summed E-state index contributed by atoms with van der Waals surface area (Å²) < 4.78 is 36.5. The normalized spacial score (nSPS) is 48.0. The molecule has 24 atom stereocenters. The van der Waals surface area contributed by atoms with Crippen molar-refractivity contribution in [3.05, 3.63) is 11.6 Å². The summed E-state index contributed by atoms with van der Waals surface area (Å²) in [4.78, 5) is 42.1. The van der Waals surface area contributed by atoms with E-state index in [1.807, 2.05) is 6.92 Å². The van der Waals surface area contributed by atoms with Crippen molar-refractivity contribution in [2.24, 2.45) is 50.2 Å². The molecule has 0 spiro atoms. The maximum Gasteiger partial charge on any atom is 0.317 e. The maximum absolute atomic E-state index is 15.7. The number of aldehydes is 1. The second-order valence-corrected chi connectivity index (χ2v) is 26.9. The first-order valence-corrected chi connectivity index (χ1v) is 29.7. The fraction of sp³-hybridized carbons (Fsp3) is 0.915. The molecule has 3 heterocycles. The first kappa shape index (κ1) is 61.9. The number of carbonyl (C=O) groups is 3. The van der Waals surface area contributed by atoms with Gasteiger partial charge in [0.2, 0.25) is 12.2 Å². The third-order valence-electron chi connectivity index (χ3n) is 21.7. The van der Waals surface area contributed by atoms with Gasteiger partial charge in [0.25, 0.3) is 0 Å². The van der Waals surface area contributed by atoms with Gasteiger partial charge in [0.1, 0.15) is 60.5 Å². The van der Waals surface area contributed by atoms with Crippen LogP contribution in [0.25, 0.3) is 0 Å². The van der Waals surface area contributed by atoms with Crippen LogP contribution in [0.4, 0.5) is 0 Å². The number of allylic oxidation sites excluding steroid dienone is 2. The van der Waals surface area contributed by atoms with E-state index in [2.05, 4.69) is 52.9 Å². The van der Waals surface area contributed by atoms with Gasteiger partial charge >= 0.3 is 5.97 Å². The average molecular weight is 1110 g/mol. The van der Waals surface area contributed by atoms with Crippen LogP contribution in [0.1, 0.15) is 177 Å². The minimum absolute atomic E-state index is 0.0344. The Labute approximate surface area is 461 Å². The number of fused-ring (bicyclic) bond motifs is 7. The second kappa shape index (κ2) is 24.2. The summed E-state index contributed by atoms with van der Waals surface area (Å²) in [6, 6.07) is -1.32. The Morgan fingerprint density at radius 3 is 2.04 bits per heavy atom. The molecule has 19 nitrogen and oxygen atoms in total. The zero-order valence-electron chi connectivity index (χ0n) is 47.7. The minimum Gasteiger partial charge on any atom is -0.432 e. The fourth-order valence-electron chi connectivity index (χ4n) is 16.7. The number of aliphatic hydroxyl groups is 9. The highest BCUT2D eigenvalue weighted by molar-refractivity contribution is 5.80. The molecular formula is C59H97NO18. The van der Waals surface area contributed by atoms with Gasteiger partial charge in [-0.05, 0) is 111 Å². The average Bonchev–Trinajstić information content (AvgIpc) is 3.23. The van der Waals surface area contributed by atoms with Gasteiger partial charge in [-0.2, -0.15) is 0 Å². The van der Waals surface area contributed by atoms with Gasteiger partial charge in [-0.15, -0.1) is 0 Å². The van der Waals surface area contributed by atoms with E-state index < -0.39 is 139 Å². The van der Waals surface area contributed by atoms with Crippen molar-refractivity contribution in [2.45, 2.75) is 276 Å². The summed E-state index contributed by atoms with van der Waals surface area (Å²) in [5, 5.41) is 104. The van der Waals surface area contributed by atoms with Gasteiger partial charge in [0.15, 0.2) is 18.7 Å². The van der Waals surface area contributed by atoms with E-state index >= 15 is 4.79 Å². The van der Waals surface area contributed by atoms with Gasteiger partial charge in [0.05, 0.1) is 43.0 Å². The van der Waals surface area contributed by atoms with Crippen molar-refractivity contribution < 1.29 is 88.8 Å². The molecule has 78 heavy (non-hydrogen) atoms. The number of rotatable bonds is 19. The zero-order valence-corrected chi connectivity index (χ0v) is 47.7. The third kappa shape index (κ3) is 11.1. The molecule has 0 radical (unpaired) electrons. The smallest absolute Gasteiger partial charge is 0.317 e. The second-order valence-electron chi connectivity index (χ2n) is 26.9. The number of aliphatic hydroxyl groups excluding tert-OH is 9. The summed E-state index contributed by atoms with van der Waals surface area (Å²) in [5.41, 5.74) is -2.78. The molecule has 3 aliphatic heterocycles. The van der Waals surface area contributed by atoms with E-state index in [4.69, 9.17) is 28.4 Å². The monoisotopic (exact) mass is 1110 g/mol. The molecule has 0 aromatic rings. The Morgan fingerprint density at radius 2 is 1.37 bits per heavy atom. The summed E-state index contributed by atoms with van der Waals surface area (Å²) in [6.07, 6.45) is -5.05. The van der Waals surface area contributed by atoms with Crippen LogP contribution in [-0.4, -0.2) is 175 Å². The van der Waals surface area contributed by atoms with Crippen LogP contribution in [0.2, 0.25) is 0 Å². The zero-order chi connectivity index (χ0) is 56.9. The highest BCUT2D eigenvalue weighted by Crippen LogP contribution is 2.76. The summed E-state index contributed by atoms with van der Waals surface area (Å²) in [5.74, 6) is -1.64. The molecule has 8 aliphatic rings. The lowest BCUT2D eigenvalue weighted by molar-refractivity contribution is -0.370. The topological polar surface area (TPSA) is 301 Å². The number of hydrogen-bond acceptors (Lipinski definition) is 18. The lowest BCUT2D eigenvalue weighted by atomic mass is 9.33. The molecular weight excluding hydrogens is 1010 g/mol. The van der Waals surface area contributed by atoms with E-state index in [0.717, 1.165) is 56.8 Å². The van der Waals surface area contributed by atoms with Crippen molar-refractivity contribution in [2.75, 3.05) is 13.2 Å². The highest BCUT2D eigenvalue weighted by Gasteiger charge is 2.72. The molecule has 12 unspecified atom stereocenters. The highest BCUT2D eigenvalue weighted by atomic mass is 16.8. The van der Waals surface area contributed by atoms with Crippen LogP contribution in [0, 0.1) is 50.2 Å². The van der Waals surface area contributed by atoms with Crippen molar-refractivity contribution in [3.63, 3.8) is 0 Å². The number of hydrogen-bond donors (Lipinski definition) is 10. The number of ether oxygens (including phenoxy) is 6. The predicted octanol–water partition coefficient (Wildman–Crippen LogP) is 4.00. The number of nitrogens with one attached hydrogen (secondary N) is 1. The van der Waals surface area contributed by atoms with Crippen LogP contribution in [0.15, 0.2) is 11.6 Å². The maximum atomic E-state index is 15.7. The quantitative estimate of drug-likeness (QED) is 0.0378. The minimum atomic E-state index is -1.92. The molecule has 4 saturated carbocycles. The van der Waals surface area contributed by atoms with Crippen molar-refractivity contribution in [1.82, 2.24) is 5.32 Å². The van der Waals surface area contributed by atoms with Gasteiger partial charge in [-0.1, -0.05) is 111 Å². The molecule has 5 aliphatic carbocycles. The largest absolute Gasteiger partial charge is 0.432 e. The molecule has 10 N–H and O–H groups in total. The standard InChI is InChI=1S/C59H97NO18/c1-9-10-11-12-13-14-15-16-17-18-41(66)60-42-36(29-61)75-52(49(44(42)68)77-51-47(71)45(69)48(32(2)74-51)76-50-46(70)43(67)35(63)30-73-50)78-53(72)59-26-25-54(3,4)27-34(59)33-19-20-38-55(5)23-22-39(64)56(6,31-62)37(55)21-24-57(38,7)58(33,8)28-40(59)65/h19,31-32,34-40,42-52,61,63-65,67-71H,9-18,20-30H2,1-8H3,(H,60,66)/t32?,34?,35-,36?,37-,38?,39+,40-,42+,43?,44?,45?,46?,47?,48+,49?,50+,51+,52+,55?,56?,57+,58-,59-/m1/s1. The lowest BCUT2D eigenvalue weighted by Crippen LogP contribution is -2.69. The Bertz CT molecular complexity index is 2110. The SMILES string of the molecule is CCCCCCCCCCCC(=O)N[C@H]1C(CO)O[C@@H](OC(=O)[C@]23CCC(C)(C)CC2C2=CCC4C5(C)CC[C@H](O)C(C)(C=O)[C@@H]5CC[C@]4(C)[C@]2(C)C[C@H]3O)C(O[C@@H]2OC(C)[C@H](O[C@@H]3OC[C@@H](O)C(O)C3O)C(O)C2O)C1O. The molecule has 0 bridgehead atoms. The van der Waals surface area contributed by atoms with Crippen LogP contribution >= 0.6 is 0 Å². The van der Waals surface area contributed by atoms with Gasteiger partial charge in [-0.3, -0.25) is 9.59 Å². The first-order chi connectivity index (χ1) is 36.8. The van der Waals surface area contributed by atoms with E-state index in [-0.39, 0.29) is 54.0 Å². The Hall–Kier alpha value is -2.21. The Balaban J connectivity index is 1.06. The van der Waals surface area contributed by atoms with Crippen molar-refractivity contribution in [3.8, 4) is 0 Å². The molecule has 7 fully saturated rings. The molecule has 19 heteroatoms. The molecule has 1 amide bonds. The number of carbonyl (C=O) groups excluding carboxylic acids is 3. The van der Waals surface area contributed by atoms with E-state index in [1.165, 1.54) is 32.6 Å². The third-order valence-corrected chi connectivity index (χ3v) is 21.7. The van der Waals surface area contributed by atoms with Gasteiger partial charge < -0.3 is 84.5 Å². The molecule has 446 valence electrons. The summed E-state index contributed by atoms with van der Waals surface area (Å²) in [7, 11) is 0. The summed E-state index contributed by atoms with van der Waals surface area (Å²) in [6.45, 7) is 15.6. The van der Waals surface area contributed by atoms with Crippen LogP contribution in [0.3, 0.4) is 0 Å². The Morgan fingerprint density at radius 1 is 0.718 bits per heavy atom. The van der Waals surface area contributed by atoms with E-state index in [1.54, 1.807) is 0 Å². The number of amides is 1. The molecule has 0 aromatic heterocycles. The van der Waals surface area contributed by atoms with Gasteiger partial charge in [0, 0.05) is 6.42 Å². The number of unbranched alkanes of at least 4 members (excludes halogenated alkanes) is 8. The molecule has 8 rings (SSSR count). The van der Waals surface area contributed by atoms with Gasteiger partial charge in [-0.25, -0.2) is 0 Å². The van der Waals surface area contributed by atoms with Crippen molar-refractivity contribution in [1.29, 1.82) is 0 Å².